The van der Waals surface area contributed by atoms with E-state index >= 15 is 0 Å². The van der Waals surface area contributed by atoms with E-state index in [2.05, 4.69) is 193 Å². The molecule has 0 amide bonds. The second-order valence-electron chi connectivity index (χ2n) is 14.8. The van der Waals surface area contributed by atoms with Gasteiger partial charge in [0, 0.05) is 22.5 Å². The van der Waals surface area contributed by atoms with Crippen LogP contribution in [0.5, 0.6) is 0 Å². The molecule has 0 aromatic heterocycles. The van der Waals surface area contributed by atoms with Gasteiger partial charge in [-0.15, -0.1) is 0 Å². The normalized spacial score (nSPS) is 14.4. The second kappa shape index (κ2) is 14.6. The molecule has 1 aliphatic rings. The van der Waals surface area contributed by atoms with E-state index in [1.807, 2.05) is 0 Å². The van der Waals surface area contributed by atoms with Crippen LogP contribution in [0, 0.1) is 0 Å². The molecule has 0 atom stereocenters. The first-order valence-electron chi connectivity index (χ1n) is 19.4. The molecule has 9 rings (SSSR count). The van der Waals surface area contributed by atoms with E-state index < -0.39 is 0 Å². The largest absolute Gasteiger partial charge is 0.311 e. The van der Waals surface area contributed by atoms with Crippen LogP contribution in [0.25, 0.3) is 43.8 Å². The monoisotopic (exact) mass is 683 g/mol. The Bertz CT molecular complexity index is 2450. The number of rotatable bonds is 7. The molecule has 8 aromatic carbocycles. The molecule has 0 bridgehead atoms. The van der Waals surface area contributed by atoms with Gasteiger partial charge in [-0.1, -0.05) is 178 Å². The predicted octanol–water partition coefficient (Wildman–Crippen LogP) is 14.8. The number of hydrogen-bond acceptors (Lipinski definition) is 1. The fraction of sp³-hybridized carbons (Fsp3) is 0.154. The van der Waals surface area contributed by atoms with E-state index in [1.54, 1.807) is 0 Å². The summed E-state index contributed by atoms with van der Waals surface area (Å²) in [7, 11) is 0. The zero-order valence-corrected chi connectivity index (χ0v) is 30.3. The Kier molecular flexibility index (Phi) is 9.08. The Morgan fingerprint density at radius 1 is 0.340 bits per heavy atom. The van der Waals surface area contributed by atoms with Crippen LogP contribution < -0.4 is 4.90 Å². The summed E-state index contributed by atoms with van der Waals surface area (Å²) in [5.41, 5.74) is 11.3. The maximum absolute atomic E-state index is 2.42. The minimum Gasteiger partial charge on any atom is -0.311 e. The fourth-order valence-corrected chi connectivity index (χ4v) is 8.83. The number of anilines is 3. The summed E-state index contributed by atoms with van der Waals surface area (Å²) in [6, 6.07) is 69.7. The lowest BCUT2D eigenvalue weighted by molar-refractivity contribution is 0.366. The van der Waals surface area contributed by atoms with Crippen molar-refractivity contribution in [1.82, 2.24) is 0 Å². The third kappa shape index (κ3) is 6.53. The molecule has 0 radical (unpaired) electrons. The van der Waals surface area contributed by atoms with Crippen molar-refractivity contribution >= 4 is 38.6 Å². The van der Waals surface area contributed by atoms with E-state index in [4.69, 9.17) is 0 Å². The van der Waals surface area contributed by atoms with E-state index in [9.17, 15) is 0 Å². The third-order valence-corrected chi connectivity index (χ3v) is 11.6. The van der Waals surface area contributed by atoms with Gasteiger partial charge in [-0.2, -0.15) is 0 Å². The van der Waals surface area contributed by atoms with E-state index in [1.165, 1.54) is 106 Å². The number of hydrogen-bond donors (Lipinski definition) is 0. The summed E-state index contributed by atoms with van der Waals surface area (Å²) in [5.74, 6) is 0. The highest BCUT2D eigenvalue weighted by Gasteiger charge is 2.34. The maximum atomic E-state index is 2.42. The van der Waals surface area contributed by atoms with Gasteiger partial charge in [0.1, 0.15) is 0 Å². The molecule has 0 heterocycles. The highest BCUT2D eigenvalue weighted by molar-refractivity contribution is 5.97. The van der Waals surface area contributed by atoms with Crippen LogP contribution >= 0.6 is 0 Å². The van der Waals surface area contributed by atoms with Crippen molar-refractivity contribution in [3.8, 4) is 22.3 Å². The molecule has 1 nitrogen and oxygen atoms in total. The van der Waals surface area contributed by atoms with Crippen molar-refractivity contribution in [3.05, 3.63) is 199 Å². The standard InChI is InChI=1S/C52H45N/c1-2-11-36-52(37-12-3-1,45-18-5-4-6-19-45)46-28-34-49(35-29-46)53(47-30-24-40(25-31-47)44-23-22-39-14-7-8-16-43(39)38-44)48-32-26-42(27-33-48)51-21-13-17-41-15-9-10-20-50(41)51/h4-10,13-35,38H,1-3,11-12,36-37H2. The lowest BCUT2D eigenvalue weighted by Crippen LogP contribution is -2.29. The first-order chi connectivity index (χ1) is 26.2. The van der Waals surface area contributed by atoms with Crippen LogP contribution in [0.4, 0.5) is 17.1 Å². The average Bonchev–Trinajstić information content (AvgIpc) is 3.22. The molecule has 1 heteroatoms. The van der Waals surface area contributed by atoms with Crippen molar-refractivity contribution in [2.75, 3.05) is 4.90 Å². The molecule has 1 saturated carbocycles. The van der Waals surface area contributed by atoms with Crippen molar-refractivity contribution in [2.45, 2.75) is 50.4 Å². The minimum atomic E-state index is 0.0483. The molecule has 0 spiro atoms. The van der Waals surface area contributed by atoms with Gasteiger partial charge >= 0.3 is 0 Å². The van der Waals surface area contributed by atoms with Gasteiger partial charge in [-0.3, -0.25) is 0 Å². The van der Waals surface area contributed by atoms with Crippen molar-refractivity contribution < 1.29 is 0 Å². The Balaban J connectivity index is 1.11. The molecule has 0 saturated heterocycles. The highest BCUT2D eigenvalue weighted by atomic mass is 15.1. The first kappa shape index (κ1) is 33.0. The molecule has 258 valence electrons. The molecular weight excluding hydrogens is 639 g/mol. The second-order valence-corrected chi connectivity index (χ2v) is 14.8. The summed E-state index contributed by atoms with van der Waals surface area (Å²) in [6.07, 6.45) is 8.95. The van der Waals surface area contributed by atoms with Gasteiger partial charge in [0.2, 0.25) is 0 Å². The summed E-state index contributed by atoms with van der Waals surface area (Å²) in [6.45, 7) is 0. The molecule has 1 fully saturated rings. The average molecular weight is 684 g/mol. The third-order valence-electron chi connectivity index (χ3n) is 11.6. The molecule has 0 aliphatic heterocycles. The van der Waals surface area contributed by atoms with Crippen molar-refractivity contribution in [3.63, 3.8) is 0 Å². The van der Waals surface area contributed by atoms with Crippen LogP contribution in [-0.2, 0) is 5.41 Å². The lowest BCUT2D eigenvalue weighted by Gasteiger charge is -2.37. The van der Waals surface area contributed by atoms with Gasteiger partial charge in [-0.05, 0) is 110 Å². The van der Waals surface area contributed by atoms with Gasteiger partial charge in [-0.25, -0.2) is 0 Å². The molecule has 1 aliphatic carbocycles. The smallest absolute Gasteiger partial charge is 0.0462 e. The molecule has 0 N–H and O–H groups in total. The van der Waals surface area contributed by atoms with Crippen LogP contribution in [0.2, 0.25) is 0 Å². The van der Waals surface area contributed by atoms with Crippen LogP contribution in [0.15, 0.2) is 188 Å². The molecule has 0 unspecified atom stereocenters. The fourth-order valence-electron chi connectivity index (χ4n) is 8.83. The summed E-state index contributed by atoms with van der Waals surface area (Å²) in [5, 5.41) is 5.07. The summed E-state index contributed by atoms with van der Waals surface area (Å²) in [4.78, 5) is 2.41. The number of nitrogens with zero attached hydrogens (tertiary/aromatic N) is 1. The van der Waals surface area contributed by atoms with E-state index in [0.717, 1.165) is 11.4 Å². The lowest BCUT2D eigenvalue weighted by atomic mass is 9.67. The SMILES string of the molecule is c1ccc(C2(c3ccc(N(c4ccc(-c5ccc6ccccc6c5)cc4)c4ccc(-c5cccc6ccccc56)cc4)cc3)CCCCCCC2)cc1. The predicted molar refractivity (Wildman–Crippen MR) is 227 cm³/mol. The molecular formula is C52H45N. The van der Waals surface area contributed by atoms with Gasteiger partial charge < -0.3 is 4.90 Å². The van der Waals surface area contributed by atoms with Gasteiger partial charge in [0.25, 0.3) is 0 Å². The Labute approximate surface area is 314 Å². The number of benzene rings is 8. The molecule has 53 heavy (non-hydrogen) atoms. The van der Waals surface area contributed by atoms with Gasteiger partial charge in [0.15, 0.2) is 0 Å². The van der Waals surface area contributed by atoms with Crippen LogP contribution in [0.3, 0.4) is 0 Å². The first-order valence-corrected chi connectivity index (χ1v) is 19.4. The van der Waals surface area contributed by atoms with Crippen LogP contribution in [0.1, 0.15) is 56.1 Å². The highest BCUT2D eigenvalue weighted by Crippen LogP contribution is 2.45. The van der Waals surface area contributed by atoms with Crippen molar-refractivity contribution in [1.29, 1.82) is 0 Å². The zero-order valence-electron chi connectivity index (χ0n) is 30.3. The summed E-state index contributed by atoms with van der Waals surface area (Å²) >= 11 is 0. The Hall–Kier alpha value is -5.92. The van der Waals surface area contributed by atoms with E-state index in [0.29, 0.717) is 0 Å². The van der Waals surface area contributed by atoms with Crippen LogP contribution in [-0.4, -0.2) is 0 Å². The summed E-state index contributed by atoms with van der Waals surface area (Å²) < 4.78 is 0. The Morgan fingerprint density at radius 2 is 0.849 bits per heavy atom. The maximum Gasteiger partial charge on any atom is 0.0462 e. The number of fused-ring (bicyclic) bond motifs is 2. The van der Waals surface area contributed by atoms with Gasteiger partial charge in [0.05, 0.1) is 0 Å². The minimum absolute atomic E-state index is 0.0483. The van der Waals surface area contributed by atoms with E-state index in [-0.39, 0.29) is 5.41 Å². The Morgan fingerprint density at radius 3 is 1.55 bits per heavy atom. The zero-order chi connectivity index (χ0) is 35.5. The topological polar surface area (TPSA) is 3.24 Å². The van der Waals surface area contributed by atoms with Crippen molar-refractivity contribution in [2.24, 2.45) is 0 Å². The molecule has 8 aromatic rings. The quantitative estimate of drug-likeness (QED) is 0.162.